The van der Waals surface area contributed by atoms with Gasteiger partial charge in [0.2, 0.25) is 0 Å². The minimum atomic E-state index is 0.0961. The van der Waals surface area contributed by atoms with Crippen molar-refractivity contribution >= 4 is 67.7 Å². The molecule has 0 saturated carbocycles. The van der Waals surface area contributed by atoms with E-state index in [0.717, 1.165) is 33.9 Å². The van der Waals surface area contributed by atoms with E-state index in [1.807, 2.05) is 0 Å². The SMILES string of the molecule is C#C/C=C\c1c(C)cccc1N(c1cccc(N2c3ccccc3C3C=C(c4c5ccccc5c(-c5ccccc5)c5ccccc45)C=CC32)c1)c1cccc(/C=C\C)c1C. The molecular formula is C59H46N2. The van der Waals surface area contributed by atoms with Crippen LogP contribution in [0.5, 0.6) is 0 Å². The third kappa shape index (κ3) is 6.47. The maximum Gasteiger partial charge on any atom is 0.0630 e. The molecule has 0 fully saturated rings. The molecule has 0 radical (unpaired) electrons. The van der Waals surface area contributed by atoms with Gasteiger partial charge in [-0.15, -0.1) is 6.42 Å². The highest BCUT2D eigenvalue weighted by Gasteiger charge is 2.39. The third-order valence-electron chi connectivity index (χ3n) is 12.5. The molecule has 292 valence electrons. The van der Waals surface area contributed by atoms with E-state index < -0.39 is 0 Å². The topological polar surface area (TPSA) is 6.48 Å². The molecule has 1 heterocycles. The molecule has 0 spiro atoms. The van der Waals surface area contributed by atoms with Crippen LogP contribution in [0.1, 0.15) is 46.2 Å². The van der Waals surface area contributed by atoms with Crippen LogP contribution in [-0.4, -0.2) is 6.04 Å². The molecule has 10 rings (SSSR count). The molecule has 8 aromatic carbocycles. The fourth-order valence-electron chi connectivity index (χ4n) is 9.81. The van der Waals surface area contributed by atoms with Crippen molar-refractivity contribution in [3.8, 4) is 23.5 Å². The first kappa shape index (κ1) is 37.7. The van der Waals surface area contributed by atoms with Crippen molar-refractivity contribution in [1.29, 1.82) is 0 Å². The smallest absolute Gasteiger partial charge is 0.0630 e. The number of allylic oxidation sites excluding steroid dienone is 4. The van der Waals surface area contributed by atoms with Gasteiger partial charge < -0.3 is 9.80 Å². The highest BCUT2D eigenvalue weighted by Crippen LogP contribution is 2.52. The van der Waals surface area contributed by atoms with Crippen LogP contribution in [0.4, 0.5) is 28.4 Å². The Balaban J connectivity index is 1.12. The quantitative estimate of drug-likeness (QED) is 0.112. The van der Waals surface area contributed by atoms with Gasteiger partial charge in [0.15, 0.2) is 0 Å². The Morgan fingerprint density at radius 3 is 2.03 bits per heavy atom. The maximum absolute atomic E-state index is 5.78. The normalized spacial score (nSPS) is 15.6. The Morgan fingerprint density at radius 1 is 0.639 bits per heavy atom. The molecule has 2 aliphatic rings. The van der Waals surface area contributed by atoms with Crippen molar-refractivity contribution in [3.05, 3.63) is 228 Å². The largest absolute Gasteiger partial charge is 0.333 e. The summed E-state index contributed by atoms with van der Waals surface area (Å²) in [6.45, 7) is 6.44. The molecule has 0 N–H and O–H groups in total. The fraction of sp³-hybridized carbons (Fsp3) is 0.0847. The van der Waals surface area contributed by atoms with Gasteiger partial charge in [-0.2, -0.15) is 0 Å². The molecule has 2 heteroatoms. The Hall–Kier alpha value is -7.60. The summed E-state index contributed by atoms with van der Waals surface area (Å²) in [4.78, 5) is 4.94. The van der Waals surface area contributed by atoms with Crippen molar-refractivity contribution in [2.24, 2.45) is 0 Å². The molecule has 0 amide bonds. The Kier molecular flexibility index (Phi) is 9.80. The zero-order valence-electron chi connectivity index (χ0n) is 34.8. The minimum absolute atomic E-state index is 0.0961. The molecule has 61 heavy (non-hydrogen) atoms. The van der Waals surface area contributed by atoms with Crippen molar-refractivity contribution < 1.29 is 0 Å². The van der Waals surface area contributed by atoms with E-state index in [2.05, 4.69) is 237 Å². The second-order valence-electron chi connectivity index (χ2n) is 16.0. The van der Waals surface area contributed by atoms with Gasteiger partial charge in [0.25, 0.3) is 0 Å². The molecule has 1 aliphatic heterocycles. The summed E-state index contributed by atoms with van der Waals surface area (Å²) >= 11 is 0. The first-order chi connectivity index (χ1) is 30.1. The summed E-state index contributed by atoms with van der Waals surface area (Å²) < 4.78 is 0. The lowest BCUT2D eigenvalue weighted by Gasteiger charge is -2.33. The van der Waals surface area contributed by atoms with Crippen molar-refractivity contribution in [2.45, 2.75) is 32.7 Å². The Morgan fingerprint density at radius 2 is 1.30 bits per heavy atom. The molecule has 0 bridgehead atoms. The minimum Gasteiger partial charge on any atom is -0.333 e. The van der Waals surface area contributed by atoms with Gasteiger partial charge in [0, 0.05) is 34.2 Å². The first-order valence-electron chi connectivity index (χ1n) is 21.2. The average molecular weight is 783 g/mol. The number of fused-ring (bicyclic) bond motifs is 5. The summed E-state index contributed by atoms with van der Waals surface area (Å²) in [5.41, 5.74) is 16.7. The number of terminal acetylenes is 1. The van der Waals surface area contributed by atoms with Gasteiger partial charge in [-0.25, -0.2) is 0 Å². The number of nitrogens with zero attached hydrogens (tertiary/aromatic N) is 2. The summed E-state index contributed by atoms with van der Waals surface area (Å²) in [5.74, 6) is 2.87. The van der Waals surface area contributed by atoms with E-state index in [1.165, 1.54) is 66.2 Å². The van der Waals surface area contributed by atoms with E-state index in [0.29, 0.717) is 0 Å². The highest BCUT2D eigenvalue weighted by atomic mass is 15.2. The van der Waals surface area contributed by atoms with Gasteiger partial charge in [-0.05, 0) is 135 Å². The van der Waals surface area contributed by atoms with E-state index in [9.17, 15) is 0 Å². The average Bonchev–Trinajstić information content (AvgIpc) is 3.63. The number of hydrogen-bond acceptors (Lipinski definition) is 2. The zero-order valence-corrected chi connectivity index (χ0v) is 34.8. The van der Waals surface area contributed by atoms with Crippen molar-refractivity contribution in [2.75, 3.05) is 9.80 Å². The van der Waals surface area contributed by atoms with Crippen LogP contribution in [0, 0.1) is 26.2 Å². The van der Waals surface area contributed by atoms with E-state index in [1.54, 1.807) is 6.08 Å². The van der Waals surface area contributed by atoms with Gasteiger partial charge in [0.1, 0.15) is 0 Å². The second kappa shape index (κ2) is 15.9. The molecule has 0 saturated heterocycles. The van der Waals surface area contributed by atoms with Crippen LogP contribution in [0.15, 0.2) is 194 Å². The summed E-state index contributed by atoms with van der Waals surface area (Å²) in [6.07, 6.45) is 21.3. The van der Waals surface area contributed by atoms with Crippen molar-refractivity contribution in [3.63, 3.8) is 0 Å². The summed E-state index contributed by atoms with van der Waals surface area (Å²) in [5, 5.41) is 5.08. The van der Waals surface area contributed by atoms with Crippen LogP contribution in [0.3, 0.4) is 0 Å². The number of aryl methyl sites for hydroxylation is 1. The van der Waals surface area contributed by atoms with Crippen LogP contribution in [0.25, 0.3) is 50.4 Å². The van der Waals surface area contributed by atoms with E-state index in [4.69, 9.17) is 6.42 Å². The number of para-hydroxylation sites is 1. The highest BCUT2D eigenvalue weighted by molar-refractivity contribution is 6.19. The fourth-order valence-corrected chi connectivity index (χ4v) is 9.81. The Labute approximate surface area is 359 Å². The van der Waals surface area contributed by atoms with Crippen LogP contribution in [-0.2, 0) is 0 Å². The summed E-state index contributed by atoms with van der Waals surface area (Å²) in [6, 6.07) is 59.9. The predicted molar refractivity (Wildman–Crippen MR) is 262 cm³/mol. The monoisotopic (exact) mass is 782 g/mol. The van der Waals surface area contributed by atoms with E-state index >= 15 is 0 Å². The van der Waals surface area contributed by atoms with Crippen LogP contribution < -0.4 is 9.80 Å². The standard InChI is InChI=1S/C59H46N2/c1-5-7-27-47-40(3)21-17-35-55(47)60(54-34-18-24-42(20-6-2)41(54)4)45-25-19-26-46(39-45)61-56-33-16-15-28-48(56)53-38-44(36-37-57(53)61)59-51-31-13-11-29-49(51)58(43-22-9-8-10-23-43)50-30-12-14-32-52(50)59/h1,6-39,53,57H,2-4H3/b20-6-,27-7-. The lowest BCUT2D eigenvalue weighted by molar-refractivity contribution is 0.747. The van der Waals surface area contributed by atoms with E-state index in [-0.39, 0.29) is 12.0 Å². The molecule has 2 atom stereocenters. The number of benzene rings is 8. The number of hydrogen-bond donors (Lipinski definition) is 0. The third-order valence-corrected chi connectivity index (χ3v) is 12.5. The molecule has 0 aromatic heterocycles. The van der Waals surface area contributed by atoms with Crippen LogP contribution >= 0.6 is 0 Å². The first-order valence-corrected chi connectivity index (χ1v) is 21.2. The summed E-state index contributed by atoms with van der Waals surface area (Å²) in [7, 11) is 0. The molecule has 1 aliphatic carbocycles. The number of anilines is 5. The van der Waals surface area contributed by atoms with Crippen LogP contribution in [0.2, 0.25) is 0 Å². The predicted octanol–water partition coefficient (Wildman–Crippen LogP) is 15.7. The van der Waals surface area contributed by atoms with Gasteiger partial charge in [0.05, 0.1) is 11.7 Å². The molecule has 2 nitrogen and oxygen atoms in total. The lowest BCUT2D eigenvalue weighted by atomic mass is 9.81. The zero-order chi connectivity index (χ0) is 41.5. The number of rotatable bonds is 8. The maximum atomic E-state index is 5.78. The van der Waals surface area contributed by atoms with Crippen molar-refractivity contribution in [1.82, 2.24) is 0 Å². The van der Waals surface area contributed by atoms with Gasteiger partial charge in [-0.3, -0.25) is 0 Å². The van der Waals surface area contributed by atoms with Gasteiger partial charge in [-0.1, -0.05) is 164 Å². The Bertz CT molecular complexity index is 3100. The second-order valence-corrected chi connectivity index (χ2v) is 16.0. The van der Waals surface area contributed by atoms with Gasteiger partial charge >= 0.3 is 0 Å². The lowest BCUT2D eigenvalue weighted by Crippen LogP contribution is -2.29. The molecular weight excluding hydrogens is 737 g/mol. The molecule has 8 aromatic rings. The molecule has 2 unspecified atom stereocenters.